The Kier molecular flexibility index (Phi) is 8.45. The van der Waals surface area contributed by atoms with E-state index in [0.717, 1.165) is 55.8 Å². The van der Waals surface area contributed by atoms with E-state index in [1.54, 1.807) is 23.4 Å². The molecule has 5 rings (SSSR count). The fourth-order valence-electron chi connectivity index (χ4n) is 4.81. The van der Waals surface area contributed by atoms with Crippen molar-refractivity contribution < 1.29 is 22.6 Å². The van der Waals surface area contributed by atoms with Crippen molar-refractivity contribution in [3.8, 4) is 0 Å². The number of halogens is 2. The zero-order chi connectivity index (χ0) is 29.3. The Labute approximate surface area is 238 Å². The molecule has 1 saturated heterocycles. The minimum Gasteiger partial charge on any atom is -0.369 e. The molecule has 2 aliphatic rings. The van der Waals surface area contributed by atoms with Crippen LogP contribution in [0.25, 0.3) is 0 Å². The number of aromatic nitrogens is 2. The van der Waals surface area contributed by atoms with E-state index < -0.39 is 40.5 Å². The molecule has 41 heavy (non-hydrogen) atoms. The second-order valence-corrected chi connectivity index (χ2v) is 11.7. The van der Waals surface area contributed by atoms with E-state index in [1.165, 1.54) is 0 Å². The number of carbonyl (C=O) groups excluding carboxylic acids is 2. The zero-order valence-electron chi connectivity index (χ0n) is 22.7. The lowest BCUT2D eigenvalue weighted by Gasteiger charge is -2.34. The number of carbonyl (C=O) groups is 2. The van der Waals surface area contributed by atoms with Gasteiger partial charge >= 0.3 is 0 Å². The van der Waals surface area contributed by atoms with Crippen molar-refractivity contribution in [3.05, 3.63) is 64.9 Å². The van der Waals surface area contributed by atoms with Crippen molar-refractivity contribution in [2.45, 2.75) is 30.8 Å². The molecular formula is C27H32F2N8O3S. The van der Waals surface area contributed by atoms with E-state index in [2.05, 4.69) is 37.7 Å². The van der Waals surface area contributed by atoms with Gasteiger partial charge in [0.05, 0.1) is 22.2 Å². The average Bonchev–Trinajstić information content (AvgIpc) is 3.34. The first-order valence-electron chi connectivity index (χ1n) is 13.2. The molecule has 0 radical (unpaired) electrons. The Balaban J connectivity index is 1.37. The lowest BCUT2D eigenvalue weighted by atomic mass is 10.1. The van der Waals surface area contributed by atoms with Gasteiger partial charge in [0, 0.05) is 68.7 Å². The number of nitrogens with two attached hydrogens (primary N) is 1. The highest BCUT2D eigenvalue weighted by atomic mass is 32.2. The molecule has 0 bridgehead atoms. The highest BCUT2D eigenvalue weighted by molar-refractivity contribution is 7.82. The minimum absolute atomic E-state index is 0.00925. The van der Waals surface area contributed by atoms with Gasteiger partial charge in [0.25, 0.3) is 5.91 Å². The van der Waals surface area contributed by atoms with Crippen molar-refractivity contribution in [2.24, 2.45) is 5.73 Å². The fourth-order valence-corrected chi connectivity index (χ4v) is 6.04. The number of aromatic amines is 1. The number of fused-ring (bicyclic) bond motifs is 1. The number of H-pyrrole nitrogens is 1. The Morgan fingerprint density at radius 3 is 2.44 bits per heavy atom. The predicted octanol–water partition coefficient (Wildman–Crippen LogP) is 2.06. The van der Waals surface area contributed by atoms with E-state index in [4.69, 9.17) is 5.73 Å². The second kappa shape index (κ2) is 12.0. The summed E-state index contributed by atoms with van der Waals surface area (Å²) in [6.07, 6.45) is 0.442. The van der Waals surface area contributed by atoms with Crippen molar-refractivity contribution >= 4 is 40.0 Å². The largest absolute Gasteiger partial charge is 0.369 e. The van der Waals surface area contributed by atoms with Gasteiger partial charge in [-0.05, 0) is 44.3 Å². The number of hydrogen-bond donors (Lipinski definition) is 4. The highest BCUT2D eigenvalue weighted by Gasteiger charge is 2.28. The highest BCUT2D eigenvalue weighted by Crippen LogP contribution is 2.29. The molecule has 1 aromatic heterocycles. The summed E-state index contributed by atoms with van der Waals surface area (Å²) in [6.45, 7) is 5.44. The van der Waals surface area contributed by atoms with E-state index in [0.29, 0.717) is 24.2 Å². The molecule has 0 saturated carbocycles. The molecule has 3 heterocycles. The number of anilines is 3. The Bertz CT molecular complexity index is 1470. The lowest BCUT2D eigenvalue weighted by Crippen LogP contribution is -2.44. The smallest absolute Gasteiger partial charge is 0.258 e. The third-order valence-electron chi connectivity index (χ3n) is 7.19. The SMILES string of the molecule is C[C@@H](N)C(=O)Nc1cc(N2CCN(C)CC2)ccc1C(=O)Nc1n[nH]c2c1CN(S(=O)c1cc(F)cc(F)c1)CC2. The van der Waals surface area contributed by atoms with Crippen molar-refractivity contribution in [3.63, 3.8) is 0 Å². The number of rotatable bonds is 7. The summed E-state index contributed by atoms with van der Waals surface area (Å²) in [5.41, 5.74) is 8.57. The summed E-state index contributed by atoms with van der Waals surface area (Å²) in [4.78, 5) is 30.4. The molecule has 1 unspecified atom stereocenters. The molecular weight excluding hydrogens is 554 g/mol. The summed E-state index contributed by atoms with van der Waals surface area (Å²) in [7, 11) is 0.231. The van der Waals surface area contributed by atoms with Crippen molar-refractivity contribution in [1.29, 1.82) is 0 Å². The van der Waals surface area contributed by atoms with E-state index in [9.17, 15) is 22.6 Å². The van der Waals surface area contributed by atoms with Gasteiger partial charge in [-0.25, -0.2) is 17.3 Å². The number of nitrogens with one attached hydrogen (secondary N) is 3. The first-order valence-corrected chi connectivity index (χ1v) is 14.3. The maximum Gasteiger partial charge on any atom is 0.258 e. The second-order valence-electron chi connectivity index (χ2n) is 10.2. The average molecular weight is 587 g/mol. The fraction of sp³-hybridized carbons (Fsp3) is 0.370. The van der Waals surface area contributed by atoms with Crippen LogP contribution in [0.1, 0.15) is 28.5 Å². The third-order valence-corrected chi connectivity index (χ3v) is 8.61. The number of piperazine rings is 1. The van der Waals surface area contributed by atoms with Crippen LogP contribution < -0.4 is 21.3 Å². The standard InChI is InChI=1S/C27H32F2N8O3S/c1-16(30)26(38)31-24-14-19(36-9-7-35(2)8-10-36)3-4-21(24)27(39)32-25-22-15-37(6-5-23(22)33-34-25)41(40)20-12-17(28)11-18(29)13-20/h3-4,11-14,16H,5-10,15,30H2,1-2H3,(H,31,38)(H2,32,33,34,39)/t16-,41?/m1/s1. The zero-order valence-corrected chi connectivity index (χ0v) is 23.6. The van der Waals surface area contributed by atoms with Gasteiger partial charge in [0.1, 0.15) is 22.6 Å². The van der Waals surface area contributed by atoms with Crippen LogP contribution in [0.4, 0.5) is 26.0 Å². The van der Waals surface area contributed by atoms with E-state index in [1.807, 2.05) is 6.07 Å². The van der Waals surface area contributed by atoms with Crippen LogP contribution in [0.15, 0.2) is 41.3 Å². The first-order chi connectivity index (χ1) is 19.6. The Morgan fingerprint density at radius 2 is 1.76 bits per heavy atom. The number of likely N-dealkylation sites (N-methyl/N-ethyl adjacent to an activating group) is 1. The lowest BCUT2D eigenvalue weighted by molar-refractivity contribution is -0.117. The molecule has 2 aromatic carbocycles. The minimum atomic E-state index is -1.83. The van der Waals surface area contributed by atoms with E-state index >= 15 is 0 Å². The molecule has 14 heteroatoms. The normalized spacial score (nSPS) is 17.5. The first kappa shape index (κ1) is 28.8. The molecule has 218 valence electrons. The molecule has 0 spiro atoms. The van der Waals surface area contributed by atoms with Gasteiger partial charge < -0.3 is 26.2 Å². The van der Waals surface area contributed by atoms with Crippen molar-refractivity contribution in [1.82, 2.24) is 19.4 Å². The number of benzene rings is 2. The summed E-state index contributed by atoms with van der Waals surface area (Å²) in [5, 5.41) is 12.7. The molecule has 5 N–H and O–H groups in total. The molecule has 2 atom stereocenters. The molecule has 11 nitrogen and oxygen atoms in total. The summed E-state index contributed by atoms with van der Waals surface area (Å²) in [6, 6.07) is 7.27. The van der Waals surface area contributed by atoms with Crippen LogP contribution in [-0.4, -0.2) is 81.2 Å². The molecule has 2 amide bonds. The maximum atomic E-state index is 13.7. The summed E-state index contributed by atoms with van der Waals surface area (Å²) in [5.74, 6) is -2.32. The van der Waals surface area contributed by atoms with E-state index in [-0.39, 0.29) is 22.8 Å². The van der Waals surface area contributed by atoms with Crippen LogP contribution in [-0.2, 0) is 28.7 Å². The molecule has 2 aliphatic heterocycles. The number of hydrogen-bond acceptors (Lipinski definition) is 7. The van der Waals surface area contributed by atoms with Crippen LogP contribution in [0, 0.1) is 11.6 Å². The Hall–Kier alpha value is -3.72. The van der Waals surface area contributed by atoms with Gasteiger partial charge in [0.2, 0.25) is 5.91 Å². The monoisotopic (exact) mass is 586 g/mol. The van der Waals surface area contributed by atoms with Gasteiger partial charge in [-0.1, -0.05) is 0 Å². The number of nitrogens with zero attached hydrogens (tertiary/aromatic N) is 4. The summed E-state index contributed by atoms with van der Waals surface area (Å²) < 4.78 is 42.1. The van der Waals surface area contributed by atoms with Crippen LogP contribution in [0.2, 0.25) is 0 Å². The molecule has 1 fully saturated rings. The van der Waals surface area contributed by atoms with Gasteiger partial charge in [0.15, 0.2) is 5.82 Å². The van der Waals surface area contributed by atoms with Crippen LogP contribution >= 0.6 is 0 Å². The van der Waals surface area contributed by atoms with Crippen molar-refractivity contribution in [2.75, 3.05) is 55.3 Å². The Morgan fingerprint density at radius 1 is 1.05 bits per heavy atom. The maximum absolute atomic E-state index is 13.7. The van der Waals surface area contributed by atoms with Gasteiger partial charge in [-0.15, -0.1) is 0 Å². The number of amides is 2. The third kappa shape index (κ3) is 6.45. The quantitative estimate of drug-likeness (QED) is 0.332. The summed E-state index contributed by atoms with van der Waals surface area (Å²) >= 11 is 0. The topological polar surface area (TPSA) is 140 Å². The van der Waals surface area contributed by atoms with Gasteiger partial charge in [-0.3, -0.25) is 14.7 Å². The molecule has 0 aliphatic carbocycles. The van der Waals surface area contributed by atoms with Crippen LogP contribution in [0.3, 0.4) is 0 Å². The van der Waals surface area contributed by atoms with Gasteiger partial charge in [-0.2, -0.15) is 5.10 Å². The molecule has 3 aromatic rings. The predicted molar refractivity (Wildman–Crippen MR) is 152 cm³/mol. The van der Waals surface area contributed by atoms with Crippen LogP contribution in [0.5, 0.6) is 0 Å².